The first-order valence-corrected chi connectivity index (χ1v) is 4.18. The molecule has 0 bridgehead atoms. The van der Waals surface area contributed by atoms with Crippen molar-refractivity contribution in [1.29, 1.82) is 0 Å². The maximum absolute atomic E-state index is 10.5. The molecule has 0 spiro atoms. The zero-order chi connectivity index (χ0) is 5.28. The van der Waals surface area contributed by atoms with Gasteiger partial charge in [0.1, 0.15) is 0 Å². The summed E-state index contributed by atoms with van der Waals surface area (Å²) in [6.45, 7) is 1.03. The van der Waals surface area contributed by atoms with Gasteiger partial charge in [-0.05, 0) is 0 Å². The summed E-state index contributed by atoms with van der Waals surface area (Å²) >= 11 is 0.725. The first kappa shape index (κ1) is 5.65. The Morgan fingerprint density at radius 1 is 1.71 bits per heavy atom. The van der Waals surface area contributed by atoms with Gasteiger partial charge in [0.25, 0.3) is 0 Å². The van der Waals surface area contributed by atoms with E-state index in [4.69, 9.17) is 0 Å². The van der Waals surface area contributed by atoms with Crippen LogP contribution in [0.25, 0.3) is 0 Å². The van der Waals surface area contributed by atoms with Gasteiger partial charge in [0, 0.05) is 0 Å². The molecule has 0 N–H and O–H groups in total. The van der Waals surface area contributed by atoms with E-state index >= 15 is 0 Å². The van der Waals surface area contributed by atoms with Gasteiger partial charge in [-0.25, -0.2) is 0 Å². The number of carbonyl (C=O) groups excluding carboxylic acids is 1. The number of rotatable bonds is 0. The van der Waals surface area contributed by atoms with Crippen LogP contribution in [-0.4, -0.2) is 14.7 Å². The summed E-state index contributed by atoms with van der Waals surface area (Å²) in [5.74, 6) is 0.366. The summed E-state index contributed by atoms with van der Waals surface area (Å²) in [5, 5.41) is 0. The van der Waals surface area contributed by atoms with Crippen molar-refractivity contribution in [1.82, 2.24) is 2.23 Å². The molecule has 2 nitrogen and oxygen atoms in total. The average Bonchev–Trinajstić information content (AvgIpc) is 1.91. The van der Waals surface area contributed by atoms with Crippen molar-refractivity contribution in [3.63, 3.8) is 0 Å². The van der Waals surface area contributed by atoms with E-state index in [1.54, 1.807) is 0 Å². The van der Waals surface area contributed by atoms with E-state index < -0.39 is 0 Å². The third-order valence-electron chi connectivity index (χ3n) is 1.07. The Morgan fingerprint density at radius 3 is 2.57 bits per heavy atom. The first-order chi connectivity index (χ1) is 3.30. The van der Waals surface area contributed by atoms with Crippen molar-refractivity contribution in [2.75, 3.05) is 6.54 Å². The van der Waals surface area contributed by atoms with Gasteiger partial charge < -0.3 is 0 Å². The topological polar surface area (TPSA) is 20.3 Å². The predicted octanol–water partition coefficient (Wildman–Crippen LogP) is 0.0731. The van der Waals surface area contributed by atoms with Crippen LogP contribution in [0.1, 0.15) is 12.8 Å². The zero-order valence-corrected chi connectivity index (χ0v) is 8.14. The first-order valence-electron chi connectivity index (χ1n) is 2.32. The van der Waals surface area contributed by atoms with Crippen LogP contribution < -0.4 is 0 Å². The zero-order valence-electron chi connectivity index (χ0n) is 3.98. The van der Waals surface area contributed by atoms with Crippen molar-refractivity contribution >= 4 is 5.91 Å². The molecular weight excluding hydrogens is 316 g/mol. The molecule has 1 amide bonds. The molecule has 0 atom stereocenters. The van der Waals surface area contributed by atoms with Crippen LogP contribution in [-0.2, 0) is 4.79 Å². The summed E-state index contributed by atoms with van der Waals surface area (Å²) in [7, 11) is 0. The molecule has 0 radical (unpaired) electrons. The van der Waals surface area contributed by atoms with E-state index in [-0.39, 0.29) is 0 Å². The number of hydrogen-bond donors (Lipinski definition) is 0. The van der Waals surface area contributed by atoms with Crippen molar-refractivity contribution in [3.05, 3.63) is 0 Å². The van der Waals surface area contributed by atoms with Crippen LogP contribution >= 0.6 is 0 Å². The van der Waals surface area contributed by atoms with Crippen molar-refractivity contribution in [3.8, 4) is 0 Å². The molecule has 1 heterocycles. The van der Waals surface area contributed by atoms with Gasteiger partial charge in [0.2, 0.25) is 0 Å². The normalized spacial score (nSPS) is 21.4. The number of hydrogen-bond acceptors (Lipinski definition) is 1. The third kappa shape index (κ3) is 1.20. The molecule has 0 saturated carbocycles. The SMILES string of the molecule is O=C1CCC[N]1[U]. The van der Waals surface area contributed by atoms with E-state index in [1.165, 1.54) is 0 Å². The average molecular weight is 322 g/mol. The number of amides is 1. The minimum absolute atomic E-state index is 0.366. The Labute approximate surface area is 62.0 Å². The molecule has 1 aliphatic heterocycles. The second-order valence-electron chi connectivity index (χ2n) is 1.65. The molecule has 1 saturated heterocycles. The number of carbonyl (C=O) groups is 1. The van der Waals surface area contributed by atoms with E-state index in [1.807, 2.05) is 2.23 Å². The van der Waals surface area contributed by atoms with Gasteiger partial charge in [-0.2, -0.15) is 0 Å². The van der Waals surface area contributed by atoms with Crippen molar-refractivity contribution in [2.45, 2.75) is 12.8 Å². The summed E-state index contributed by atoms with van der Waals surface area (Å²) in [6.07, 6.45) is 1.90. The number of nitrogens with zero attached hydrogens (tertiary/aromatic N) is 1. The predicted molar refractivity (Wildman–Crippen MR) is 20.9 cm³/mol. The van der Waals surface area contributed by atoms with E-state index in [9.17, 15) is 4.79 Å². The molecule has 1 rings (SSSR count). The molecule has 0 unspecified atom stereocenters. The fourth-order valence-corrected chi connectivity index (χ4v) is 1.77. The van der Waals surface area contributed by atoms with Crippen molar-refractivity contribution in [2.24, 2.45) is 0 Å². The molecule has 37 valence electrons. The summed E-state index contributed by atoms with van der Waals surface area (Å²) in [4.78, 5) is 10.5. The molecule has 0 aromatic heterocycles. The van der Waals surface area contributed by atoms with Crippen LogP contribution in [0.4, 0.5) is 0 Å². The molecule has 0 aliphatic carbocycles. The van der Waals surface area contributed by atoms with Crippen molar-refractivity contribution < 1.29 is 34.5 Å². The molecule has 7 heavy (non-hydrogen) atoms. The van der Waals surface area contributed by atoms with Gasteiger partial charge in [0.05, 0.1) is 0 Å². The summed E-state index contributed by atoms with van der Waals surface area (Å²) in [6, 6.07) is 0. The van der Waals surface area contributed by atoms with Crippen LogP contribution in [0.5, 0.6) is 0 Å². The molecule has 3 heteroatoms. The van der Waals surface area contributed by atoms with Crippen LogP contribution in [0.15, 0.2) is 0 Å². The fraction of sp³-hybridized carbons (Fsp3) is 0.750. The van der Waals surface area contributed by atoms with Gasteiger partial charge in [-0.1, -0.05) is 0 Å². The third-order valence-corrected chi connectivity index (χ3v) is 3.04. The monoisotopic (exact) mass is 322 g/mol. The summed E-state index contributed by atoms with van der Waals surface area (Å²) in [5.41, 5.74) is 0. The van der Waals surface area contributed by atoms with E-state index in [0.717, 1.165) is 49.1 Å². The van der Waals surface area contributed by atoms with Gasteiger partial charge >= 0.3 is 62.1 Å². The molecule has 1 fully saturated rings. The Bertz CT molecular complexity index is 93.7. The van der Waals surface area contributed by atoms with E-state index in [2.05, 4.69) is 0 Å². The Kier molecular flexibility index (Phi) is 1.77. The second-order valence-corrected chi connectivity index (χ2v) is 3.90. The quantitative estimate of drug-likeness (QED) is 0.618. The molecule has 0 aromatic rings. The molecule has 1 aliphatic rings. The maximum atomic E-state index is 10.5. The Morgan fingerprint density at radius 2 is 2.43 bits per heavy atom. The van der Waals surface area contributed by atoms with Crippen LogP contribution in [0.3, 0.4) is 0 Å². The Balaban J connectivity index is 2.48. The standard InChI is InChI=1S/C4H7NO.U/c6-4-2-1-3-5-4;/h1-3H2,(H,5,6);/q;+1/p-1. The summed E-state index contributed by atoms with van der Waals surface area (Å²) < 4.78 is 1.93. The fourth-order valence-electron chi connectivity index (χ4n) is 0.648. The van der Waals surface area contributed by atoms with Crippen LogP contribution in [0.2, 0.25) is 0 Å². The molecule has 0 aromatic carbocycles. The van der Waals surface area contributed by atoms with Gasteiger partial charge in [-0.15, -0.1) is 0 Å². The minimum atomic E-state index is 0.366. The second kappa shape index (κ2) is 2.19. The van der Waals surface area contributed by atoms with Crippen LogP contribution in [0, 0.1) is 29.7 Å². The van der Waals surface area contributed by atoms with Gasteiger partial charge in [-0.3, -0.25) is 0 Å². The van der Waals surface area contributed by atoms with E-state index in [0.29, 0.717) is 5.91 Å². The Hall–Kier alpha value is 0.522. The van der Waals surface area contributed by atoms with Gasteiger partial charge in [0.15, 0.2) is 0 Å². The molecular formula is C4H6NOU.